The van der Waals surface area contributed by atoms with Crippen LogP contribution in [0.3, 0.4) is 0 Å². The second kappa shape index (κ2) is 3.79. The van der Waals surface area contributed by atoms with Gasteiger partial charge in [0.25, 0.3) is 0 Å². The number of hydrogen-bond acceptors (Lipinski definition) is 3. The SMILES string of the molecule is OC(C1=NCCS1)C1CCCC1. The summed E-state index contributed by atoms with van der Waals surface area (Å²) in [5.41, 5.74) is 0. The van der Waals surface area contributed by atoms with Crippen molar-refractivity contribution in [3.8, 4) is 0 Å². The molecule has 1 heterocycles. The summed E-state index contributed by atoms with van der Waals surface area (Å²) in [7, 11) is 0. The van der Waals surface area contributed by atoms with Gasteiger partial charge in [-0.1, -0.05) is 12.8 Å². The first-order valence-corrected chi connectivity index (χ1v) is 5.71. The van der Waals surface area contributed by atoms with Crippen molar-refractivity contribution in [2.45, 2.75) is 31.8 Å². The minimum atomic E-state index is -0.236. The van der Waals surface area contributed by atoms with Gasteiger partial charge in [-0.05, 0) is 18.8 Å². The fraction of sp³-hybridized carbons (Fsp3) is 0.889. The Morgan fingerprint density at radius 2 is 2.17 bits per heavy atom. The van der Waals surface area contributed by atoms with E-state index in [1.165, 1.54) is 25.7 Å². The second-order valence-electron chi connectivity index (χ2n) is 3.56. The lowest BCUT2D eigenvalue weighted by Gasteiger charge is -2.16. The molecule has 0 aromatic heterocycles. The third kappa shape index (κ3) is 1.67. The Morgan fingerprint density at radius 1 is 1.42 bits per heavy atom. The molecule has 68 valence electrons. The average Bonchev–Trinajstić information content (AvgIpc) is 2.77. The predicted molar refractivity (Wildman–Crippen MR) is 52.7 cm³/mol. The zero-order valence-corrected chi connectivity index (χ0v) is 8.02. The Balaban J connectivity index is 1.93. The molecule has 2 rings (SSSR count). The van der Waals surface area contributed by atoms with Gasteiger partial charge in [0.05, 0.1) is 5.04 Å². The first-order chi connectivity index (χ1) is 5.88. The van der Waals surface area contributed by atoms with Crippen molar-refractivity contribution < 1.29 is 5.11 Å². The van der Waals surface area contributed by atoms with Crippen LogP contribution in [0.4, 0.5) is 0 Å². The van der Waals surface area contributed by atoms with Crippen LogP contribution in [0.5, 0.6) is 0 Å². The summed E-state index contributed by atoms with van der Waals surface area (Å²) in [4.78, 5) is 4.31. The molecule has 0 spiro atoms. The van der Waals surface area contributed by atoms with Crippen LogP contribution < -0.4 is 0 Å². The molecule has 1 aliphatic carbocycles. The summed E-state index contributed by atoms with van der Waals surface area (Å²) in [6, 6.07) is 0. The van der Waals surface area contributed by atoms with E-state index in [2.05, 4.69) is 4.99 Å². The van der Waals surface area contributed by atoms with Crippen molar-refractivity contribution in [3.63, 3.8) is 0 Å². The Bertz CT molecular complexity index is 187. The number of aliphatic hydroxyl groups excluding tert-OH is 1. The topological polar surface area (TPSA) is 32.6 Å². The average molecular weight is 185 g/mol. The van der Waals surface area contributed by atoms with E-state index < -0.39 is 0 Å². The highest BCUT2D eigenvalue weighted by Gasteiger charge is 2.28. The molecule has 1 atom stereocenters. The van der Waals surface area contributed by atoms with E-state index in [9.17, 15) is 5.11 Å². The molecule has 1 unspecified atom stereocenters. The van der Waals surface area contributed by atoms with Gasteiger partial charge >= 0.3 is 0 Å². The van der Waals surface area contributed by atoms with Gasteiger partial charge in [0.1, 0.15) is 6.10 Å². The van der Waals surface area contributed by atoms with Crippen LogP contribution in [0.2, 0.25) is 0 Å². The first-order valence-electron chi connectivity index (χ1n) is 4.73. The van der Waals surface area contributed by atoms with Crippen LogP contribution in [0.15, 0.2) is 4.99 Å². The Morgan fingerprint density at radius 3 is 2.75 bits per heavy atom. The lowest BCUT2D eigenvalue weighted by Crippen LogP contribution is -2.24. The van der Waals surface area contributed by atoms with Crippen molar-refractivity contribution in [1.29, 1.82) is 0 Å². The van der Waals surface area contributed by atoms with Crippen molar-refractivity contribution in [2.24, 2.45) is 10.9 Å². The Hall–Kier alpha value is -0.0200. The molecule has 0 radical (unpaired) electrons. The number of aliphatic hydroxyl groups is 1. The predicted octanol–water partition coefficient (Wildman–Crippen LogP) is 1.68. The van der Waals surface area contributed by atoms with Gasteiger partial charge in [-0.25, -0.2) is 0 Å². The molecule has 1 fully saturated rings. The van der Waals surface area contributed by atoms with Crippen LogP contribution in [-0.4, -0.2) is 28.6 Å². The third-order valence-corrected chi connectivity index (χ3v) is 3.76. The van der Waals surface area contributed by atoms with Gasteiger partial charge < -0.3 is 5.11 Å². The van der Waals surface area contributed by atoms with Crippen LogP contribution in [0, 0.1) is 5.92 Å². The summed E-state index contributed by atoms with van der Waals surface area (Å²) in [5.74, 6) is 1.58. The molecule has 1 aliphatic heterocycles. The van der Waals surface area contributed by atoms with E-state index >= 15 is 0 Å². The number of nitrogens with zero attached hydrogens (tertiary/aromatic N) is 1. The lowest BCUT2D eigenvalue weighted by atomic mass is 10.0. The van der Waals surface area contributed by atoms with Gasteiger partial charge in [0.2, 0.25) is 0 Å². The molecule has 0 aromatic carbocycles. The molecule has 0 saturated heterocycles. The molecule has 0 aromatic rings. The molecular weight excluding hydrogens is 170 g/mol. The van der Waals surface area contributed by atoms with E-state index in [0.717, 1.165) is 17.3 Å². The van der Waals surface area contributed by atoms with Gasteiger partial charge in [-0.3, -0.25) is 4.99 Å². The summed E-state index contributed by atoms with van der Waals surface area (Å²) >= 11 is 1.74. The maximum absolute atomic E-state index is 9.90. The highest BCUT2D eigenvalue weighted by atomic mass is 32.2. The van der Waals surface area contributed by atoms with E-state index in [1.54, 1.807) is 11.8 Å². The maximum atomic E-state index is 9.90. The van der Waals surface area contributed by atoms with Gasteiger partial charge in [-0.2, -0.15) is 0 Å². The van der Waals surface area contributed by atoms with Crippen LogP contribution in [0.1, 0.15) is 25.7 Å². The molecule has 3 heteroatoms. The normalized spacial score (nSPS) is 27.6. The zero-order valence-electron chi connectivity index (χ0n) is 7.20. The smallest absolute Gasteiger partial charge is 0.104 e. The molecule has 1 N–H and O–H groups in total. The van der Waals surface area contributed by atoms with Crippen molar-refractivity contribution in [2.75, 3.05) is 12.3 Å². The molecule has 2 nitrogen and oxygen atoms in total. The summed E-state index contributed by atoms with van der Waals surface area (Å²) in [5, 5.41) is 10.9. The second-order valence-corrected chi connectivity index (χ2v) is 4.67. The van der Waals surface area contributed by atoms with Crippen LogP contribution in [-0.2, 0) is 0 Å². The van der Waals surface area contributed by atoms with E-state index in [0.29, 0.717) is 5.92 Å². The van der Waals surface area contributed by atoms with E-state index in [4.69, 9.17) is 0 Å². The molecule has 0 amide bonds. The van der Waals surface area contributed by atoms with E-state index in [-0.39, 0.29) is 6.10 Å². The number of rotatable bonds is 2. The Labute approximate surface area is 77.5 Å². The van der Waals surface area contributed by atoms with Crippen molar-refractivity contribution >= 4 is 16.8 Å². The maximum Gasteiger partial charge on any atom is 0.104 e. The highest BCUT2D eigenvalue weighted by Crippen LogP contribution is 2.31. The molecule has 0 bridgehead atoms. The molecule has 12 heavy (non-hydrogen) atoms. The zero-order chi connectivity index (χ0) is 8.39. The molecule has 2 aliphatic rings. The van der Waals surface area contributed by atoms with Gasteiger partial charge in [0.15, 0.2) is 0 Å². The van der Waals surface area contributed by atoms with Crippen LogP contribution in [0.25, 0.3) is 0 Å². The highest BCUT2D eigenvalue weighted by molar-refractivity contribution is 8.14. The van der Waals surface area contributed by atoms with Gasteiger partial charge in [-0.15, -0.1) is 11.8 Å². The number of hydrogen-bond donors (Lipinski definition) is 1. The van der Waals surface area contributed by atoms with Crippen molar-refractivity contribution in [3.05, 3.63) is 0 Å². The van der Waals surface area contributed by atoms with Gasteiger partial charge in [0, 0.05) is 12.3 Å². The number of aliphatic imine (C=N–C) groups is 1. The standard InChI is InChI=1S/C9H15NOS/c11-8(7-3-1-2-4-7)9-10-5-6-12-9/h7-8,11H,1-6H2. The molecule has 1 saturated carbocycles. The van der Waals surface area contributed by atoms with Crippen molar-refractivity contribution in [1.82, 2.24) is 0 Å². The minimum absolute atomic E-state index is 0.236. The first kappa shape index (κ1) is 8.57. The number of thioether (sulfide) groups is 1. The monoisotopic (exact) mass is 185 g/mol. The Kier molecular flexibility index (Phi) is 2.71. The third-order valence-electron chi connectivity index (χ3n) is 2.71. The van der Waals surface area contributed by atoms with Crippen LogP contribution >= 0.6 is 11.8 Å². The van der Waals surface area contributed by atoms with E-state index in [1.807, 2.05) is 0 Å². The summed E-state index contributed by atoms with van der Waals surface area (Å²) in [6.45, 7) is 0.907. The lowest BCUT2D eigenvalue weighted by molar-refractivity contribution is 0.176. The summed E-state index contributed by atoms with van der Waals surface area (Å²) < 4.78 is 0. The summed E-state index contributed by atoms with van der Waals surface area (Å²) in [6.07, 6.45) is 4.74. The molecular formula is C9H15NOS. The quantitative estimate of drug-likeness (QED) is 0.710. The fourth-order valence-electron chi connectivity index (χ4n) is 2.01. The largest absolute Gasteiger partial charge is 0.386 e. The fourth-order valence-corrected chi connectivity index (χ4v) is 2.94. The minimum Gasteiger partial charge on any atom is -0.386 e.